The minimum atomic E-state index is -1.21. The molecule has 0 saturated carbocycles. The third-order valence-corrected chi connectivity index (χ3v) is 5.33. The van der Waals surface area contributed by atoms with E-state index in [1.54, 1.807) is 13.0 Å². The SMILES string of the molecule is Cc1nnc(S/C(=C/c2cc([N+](=O)[O-])ccc2Sc2ccccc2)C(=O)O)o1. The molecule has 142 valence electrons. The molecule has 1 aromatic heterocycles. The molecular formula is C18H13N3O5S2. The molecule has 3 aromatic rings. The van der Waals surface area contributed by atoms with Crippen LogP contribution in [0.4, 0.5) is 5.69 Å². The normalized spacial score (nSPS) is 11.4. The van der Waals surface area contributed by atoms with Crippen LogP contribution in [0.5, 0.6) is 0 Å². The zero-order valence-electron chi connectivity index (χ0n) is 14.4. The summed E-state index contributed by atoms with van der Waals surface area (Å²) >= 11 is 2.16. The number of aromatic nitrogens is 2. The molecule has 0 bridgehead atoms. The van der Waals surface area contributed by atoms with Gasteiger partial charge in [-0.3, -0.25) is 10.1 Å². The summed E-state index contributed by atoms with van der Waals surface area (Å²) < 4.78 is 5.21. The molecule has 0 amide bonds. The zero-order chi connectivity index (χ0) is 20.1. The van der Waals surface area contributed by atoms with Crippen molar-refractivity contribution in [2.45, 2.75) is 21.9 Å². The second-order valence-corrected chi connectivity index (χ2v) is 7.51. The molecule has 0 radical (unpaired) electrons. The van der Waals surface area contributed by atoms with Crippen LogP contribution in [0, 0.1) is 17.0 Å². The van der Waals surface area contributed by atoms with Crippen molar-refractivity contribution in [2.24, 2.45) is 0 Å². The van der Waals surface area contributed by atoms with Crippen LogP contribution in [-0.4, -0.2) is 26.2 Å². The van der Waals surface area contributed by atoms with Crippen LogP contribution in [0.3, 0.4) is 0 Å². The fourth-order valence-electron chi connectivity index (χ4n) is 2.16. The number of aryl methyl sites for hydroxylation is 1. The standard InChI is InChI=1S/C18H13N3O5S2/c1-11-19-20-18(26-11)28-16(17(22)23)10-12-9-13(21(24)25)7-8-15(12)27-14-5-3-2-4-6-14/h2-10H,1H3,(H,22,23)/b16-10+. The highest BCUT2D eigenvalue weighted by molar-refractivity contribution is 8.03. The fourth-order valence-corrected chi connectivity index (χ4v) is 3.78. The molecule has 0 aliphatic heterocycles. The van der Waals surface area contributed by atoms with Gasteiger partial charge in [-0.25, -0.2) is 4.79 Å². The van der Waals surface area contributed by atoms with E-state index < -0.39 is 10.9 Å². The van der Waals surface area contributed by atoms with Gasteiger partial charge in [-0.15, -0.1) is 10.2 Å². The second-order valence-electron chi connectivity index (χ2n) is 5.40. The fraction of sp³-hybridized carbons (Fsp3) is 0.0556. The number of thioether (sulfide) groups is 1. The number of nitro benzene ring substituents is 1. The van der Waals surface area contributed by atoms with E-state index in [0.717, 1.165) is 16.7 Å². The Morgan fingerprint density at radius 3 is 2.57 bits per heavy atom. The van der Waals surface area contributed by atoms with Crippen LogP contribution in [0.15, 0.2) is 72.9 Å². The quantitative estimate of drug-likeness (QED) is 0.254. The van der Waals surface area contributed by atoms with Crippen LogP contribution in [-0.2, 0) is 4.79 Å². The molecule has 0 fully saturated rings. The smallest absolute Gasteiger partial charge is 0.342 e. The first-order valence-electron chi connectivity index (χ1n) is 7.86. The summed E-state index contributed by atoms with van der Waals surface area (Å²) in [4.78, 5) is 23.8. The molecule has 0 aliphatic carbocycles. The van der Waals surface area contributed by atoms with Gasteiger partial charge in [0.15, 0.2) is 0 Å². The van der Waals surface area contributed by atoms with E-state index in [9.17, 15) is 20.0 Å². The molecule has 0 spiro atoms. The first-order chi connectivity index (χ1) is 13.4. The number of benzene rings is 2. The number of carbonyl (C=O) groups is 1. The number of non-ortho nitro benzene ring substituents is 1. The Morgan fingerprint density at radius 2 is 1.96 bits per heavy atom. The Hall–Kier alpha value is -3.11. The van der Waals surface area contributed by atoms with Gasteiger partial charge >= 0.3 is 5.97 Å². The van der Waals surface area contributed by atoms with E-state index in [-0.39, 0.29) is 15.8 Å². The molecule has 0 aliphatic rings. The average molecular weight is 415 g/mol. The Morgan fingerprint density at radius 1 is 1.21 bits per heavy atom. The number of nitro groups is 1. The van der Waals surface area contributed by atoms with Crippen LogP contribution in [0.2, 0.25) is 0 Å². The van der Waals surface area contributed by atoms with Crippen molar-refractivity contribution < 1.29 is 19.2 Å². The summed E-state index contributed by atoms with van der Waals surface area (Å²) in [5.74, 6) is -0.897. The lowest BCUT2D eigenvalue weighted by Crippen LogP contribution is -1.98. The zero-order valence-corrected chi connectivity index (χ0v) is 16.1. The van der Waals surface area contributed by atoms with Crippen molar-refractivity contribution in [2.75, 3.05) is 0 Å². The number of aliphatic carboxylic acids is 1. The van der Waals surface area contributed by atoms with Gasteiger partial charge in [0.2, 0.25) is 5.89 Å². The van der Waals surface area contributed by atoms with Gasteiger partial charge in [0.05, 0.1) is 4.92 Å². The molecule has 10 heteroatoms. The molecule has 1 N–H and O–H groups in total. The highest BCUT2D eigenvalue weighted by atomic mass is 32.2. The predicted molar refractivity (Wildman–Crippen MR) is 104 cm³/mol. The Kier molecular flexibility index (Phi) is 6.12. The number of carboxylic acids is 1. The molecule has 0 saturated heterocycles. The molecule has 1 heterocycles. The van der Waals surface area contributed by atoms with E-state index >= 15 is 0 Å². The maximum absolute atomic E-state index is 11.7. The minimum absolute atomic E-state index is 0.0776. The summed E-state index contributed by atoms with van der Waals surface area (Å²) in [6.45, 7) is 1.59. The third-order valence-electron chi connectivity index (χ3n) is 3.38. The lowest BCUT2D eigenvalue weighted by molar-refractivity contribution is -0.384. The van der Waals surface area contributed by atoms with Crippen molar-refractivity contribution in [3.63, 3.8) is 0 Å². The highest BCUT2D eigenvalue weighted by Crippen LogP contribution is 2.35. The van der Waals surface area contributed by atoms with Crippen LogP contribution >= 0.6 is 23.5 Å². The first-order valence-corrected chi connectivity index (χ1v) is 9.50. The van der Waals surface area contributed by atoms with Crippen molar-refractivity contribution in [1.82, 2.24) is 10.2 Å². The van der Waals surface area contributed by atoms with Gasteiger partial charge in [-0.05, 0) is 41.6 Å². The van der Waals surface area contributed by atoms with Crippen LogP contribution in [0.1, 0.15) is 11.5 Å². The monoisotopic (exact) mass is 415 g/mol. The summed E-state index contributed by atoms with van der Waals surface area (Å²) in [5, 5.41) is 28.2. The molecule has 28 heavy (non-hydrogen) atoms. The highest BCUT2D eigenvalue weighted by Gasteiger charge is 2.17. The van der Waals surface area contributed by atoms with Gasteiger partial charge in [-0.1, -0.05) is 30.0 Å². The summed E-state index contributed by atoms with van der Waals surface area (Å²) in [5.41, 5.74) is 0.274. The first kappa shape index (κ1) is 19.6. The van der Waals surface area contributed by atoms with E-state index in [2.05, 4.69) is 10.2 Å². The van der Waals surface area contributed by atoms with Gasteiger partial charge < -0.3 is 9.52 Å². The largest absolute Gasteiger partial charge is 0.477 e. The topological polar surface area (TPSA) is 119 Å². The van der Waals surface area contributed by atoms with Gasteiger partial charge in [0, 0.05) is 28.8 Å². The van der Waals surface area contributed by atoms with Crippen LogP contribution in [0.25, 0.3) is 6.08 Å². The van der Waals surface area contributed by atoms with Crippen molar-refractivity contribution in [3.8, 4) is 0 Å². The van der Waals surface area contributed by atoms with E-state index in [0.29, 0.717) is 16.3 Å². The van der Waals surface area contributed by atoms with E-state index in [1.807, 2.05) is 30.3 Å². The average Bonchev–Trinajstić information content (AvgIpc) is 3.08. The molecular weight excluding hydrogens is 402 g/mol. The summed E-state index contributed by atoms with van der Waals surface area (Å²) in [7, 11) is 0. The Bertz CT molecular complexity index is 1050. The number of nitrogens with zero attached hydrogens (tertiary/aromatic N) is 3. The van der Waals surface area contributed by atoms with Crippen molar-refractivity contribution in [3.05, 3.63) is 75.0 Å². The predicted octanol–water partition coefficient (Wildman–Crippen LogP) is 4.66. The lowest BCUT2D eigenvalue weighted by atomic mass is 10.2. The van der Waals surface area contributed by atoms with E-state index in [4.69, 9.17) is 4.42 Å². The number of hydrogen-bond acceptors (Lipinski definition) is 8. The summed E-state index contributed by atoms with van der Waals surface area (Å²) in [6, 6.07) is 13.8. The van der Waals surface area contributed by atoms with E-state index in [1.165, 1.54) is 30.0 Å². The lowest BCUT2D eigenvalue weighted by Gasteiger charge is -2.07. The molecule has 8 nitrogen and oxygen atoms in total. The third kappa shape index (κ3) is 4.99. The van der Waals surface area contributed by atoms with Gasteiger partial charge in [0.25, 0.3) is 10.9 Å². The van der Waals surface area contributed by atoms with Crippen molar-refractivity contribution in [1.29, 1.82) is 0 Å². The Balaban J connectivity index is 2.02. The van der Waals surface area contributed by atoms with Gasteiger partial charge in [-0.2, -0.15) is 0 Å². The number of carboxylic acid groups (broad SMARTS) is 1. The van der Waals surface area contributed by atoms with Crippen molar-refractivity contribution >= 4 is 41.3 Å². The maximum Gasteiger partial charge on any atom is 0.342 e. The minimum Gasteiger partial charge on any atom is -0.477 e. The summed E-state index contributed by atoms with van der Waals surface area (Å²) in [6.07, 6.45) is 1.37. The number of rotatable bonds is 7. The second kappa shape index (κ2) is 8.72. The molecule has 0 unspecified atom stereocenters. The molecule has 3 rings (SSSR count). The molecule has 0 atom stereocenters. The van der Waals surface area contributed by atoms with Crippen LogP contribution < -0.4 is 0 Å². The Labute approximate surface area is 167 Å². The molecule has 2 aromatic carbocycles. The van der Waals surface area contributed by atoms with Gasteiger partial charge in [0.1, 0.15) is 4.91 Å². The maximum atomic E-state index is 11.7. The number of hydrogen-bond donors (Lipinski definition) is 1.